The molecule has 1 aromatic carbocycles. The highest BCUT2D eigenvalue weighted by Crippen LogP contribution is 2.48. The number of nitrogens with one attached hydrogen (secondary N) is 1. The summed E-state index contributed by atoms with van der Waals surface area (Å²) in [7, 11) is -3.39. The molecule has 1 aliphatic carbocycles. The topological polar surface area (TPSA) is 77.1 Å². The SMILES string of the molecule is CCOP(=O)(N[C@H]1CN(C(=O)OCc2ccccc2)CC[C@@H]1C1CC1)OCC. The lowest BCUT2D eigenvalue weighted by molar-refractivity contribution is 0.0695. The van der Waals surface area contributed by atoms with Gasteiger partial charge >= 0.3 is 13.8 Å². The van der Waals surface area contributed by atoms with Crippen molar-refractivity contribution in [1.82, 2.24) is 9.99 Å². The van der Waals surface area contributed by atoms with Gasteiger partial charge in [-0.05, 0) is 50.5 Å². The van der Waals surface area contributed by atoms with E-state index >= 15 is 0 Å². The molecule has 1 saturated carbocycles. The lowest BCUT2D eigenvalue weighted by Crippen LogP contribution is -2.52. The van der Waals surface area contributed by atoms with Gasteiger partial charge in [0.2, 0.25) is 0 Å². The molecule has 2 fully saturated rings. The third kappa shape index (κ3) is 5.80. The Labute approximate surface area is 167 Å². The number of rotatable bonds is 9. The maximum Gasteiger partial charge on any atom is 0.410 e. The van der Waals surface area contributed by atoms with Crippen LogP contribution in [-0.4, -0.2) is 43.3 Å². The Bertz CT molecular complexity index is 672. The van der Waals surface area contributed by atoms with Crippen LogP contribution in [0.3, 0.4) is 0 Å². The van der Waals surface area contributed by atoms with Gasteiger partial charge in [0.1, 0.15) is 6.61 Å². The number of carbonyl (C=O) groups is 1. The lowest BCUT2D eigenvalue weighted by atomic mass is 9.88. The van der Waals surface area contributed by atoms with E-state index in [-0.39, 0.29) is 18.7 Å². The van der Waals surface area contributed by atoms with Crippen molar-refractivity contribution in [2.75, 3.05) is 26.3 Å². The maximum atomic E-state index is 13.0. The molecule has 0 aromatic heterocycles. The van der Waals surface area contributed by atoms with Gasteiger partial charge in [-0.25, -0.2) is 14.4 Å². The number of nitrogens with zero attached hydrogens (tertiary/aromatic N) is 1. The summed E-state index contributed by atoms with van der Waals surface area (Å²) >= 11 is 0. The Morgan fingerprint density at radius 1 is 1.14 bits per heavy atom. The van der Waals surface area contributed by atoms with E-state index in [1.807, 2.05) is 30.3 Å². The average molecular weight is 410 g/mol. The van der Waals surface area contributed by atoms with Crippen molar-refractivity contribution >= 4 is 13.8 Å². The van der Waals surface area contributed by atoms with Gasteiger partial charge in [0.25, 0.3) is 0 Å². The summed E-state index contributed by atoms with van der Waals surface area (Å²) in [5, 5.41) is 3.13. The van der Waals surface area contributed by atoms with Crippen LogP contribution in [0.5, 0.6) is 0 Å². The molecule has 1 heterocycles. The summed E-state index contributed by atoms with van der Waals surface area (Å²) in [5.41, 5.74) is 0.954. The third-order valence-corrected chi connectivity index (χ3v) is 7.12. The zero-order valence-corrected chi connectivity index (χ0v) is 17.6. The van der Waals surface area contributed by atoms with E-state index in [9.17, 15) is 9.36 Å². The van der Waals surface area contributed by atoms with Crippen LogP contribution < -0.4 is 5.09 Å². The van der Waals surface area contributed by atoms with Gasteiger partial charge < -0.3 is 9.64 Å². The van der Waals surface area contributed by atoms with Crippen molar-refractivity contribution in [3.63, 3.8) is 0 Å². The van der Waals surface area contributed by atoms with Crippen LogP contribution in [0.15, 0.2) is 30.3 Å². The summed E-state index contributed by atoms with van der Waals surface area (Å²) in [4.78, 5) is 14.3. The van der Waals surface area contributed by atoms with Gasteiger partial charge in [-0.3, -0.25) is 9.05 Å². The van der Waals surface area contributed by atoms with Crippen LogP contribution in [-0.2, 0) is 25.0 Å². The summed E-state index contributed by atoms with van der Waals surface area (Å²) in [5.74, 6) is 0.990. The van der Waals surface area contributed by atoms with Crippen molar-refractivity contribution in [2.24, 2.45) is 11.8 Å². The first-order valence-electron chi connectivity index (χ1n) is 10.2. The highest BCUT2D eigenvalue weighted by atomic mass is 31.2. The van der Waals surface area contributed by atoms with Crippen molar-refractivity contribution in [2.45, 2.75) is 45.8 Å². The maximum absolute atomic E-state index is 13.0. The smallest absolute Gasteiger partial charge is 0.410 e. The Hall–Kier alpha value is -1.40. The van der Waals surface area contributed by atoms with Gasteiger partial charge in [0.15, 0.2) is 0 Å². The minimum absolute atomic E-state index is 0.130. The molecular formula is C20H31N2O5P. The fourth-order valence-electron chi connectivity index (χ4n) is 3.83. The monoisotopic (exact) mass is 410 g/mol. The van der Waals surface area contributed by atoms with Crippen LogP contribution in [0.4, 0.5) is 4.79 Å². The number of likely N-dealkylation sites (tertiary alicyclic amines) is 1. The minimum atomic E-state index is -3.39. The van der Waals surface area contributed by atoms with Crippen molar-refractivity contribution in [3.05, 3.63) is 35.9 Å². The van der Waals surface area contributed by atoms with E-state index in [1.54, 1.807) is 18.7 Å². The van der Waals surface area contributed by atoms with E-state index < -0.39 is 7.75 Å². The van der Waals surface area contributed by atoms with Gasteiger partial charge in [-0.1, -0.05) is 30.3 Å². The molecule has 1 amide bonds. The Morgan fingerprint density at radius 3 is 2.43 bits per heavy atom. The normalized spacial score (nSPS) is 22.9. The molecule has 0 unspecified atom stereocenters. The first-order chi connectivity index (χ1) is 13.5. The largest absolute Gasteiger partial charge is 0.445 e. The standard InChI is InChI=1S/C20H31N2O5P/c1-3-26-28(24,27-4-2)21-19-14-22(13-12-18(19)17-10-11-17)20(23)25-15-16-8-6-5-7-9-16/h5-9,17-19H,3-4,10-15H2,1-2H3,(H,21,24)/t18-,19+/m1/s1. The summed E-state index contributed by atoms with van der Waals surface area (Å²) in [6.45, 7) is 5.53. The van der Waals surface area contributed by atoms with Crippen LogP contribution in [0.25, 0.3) is 0 Å². The van der Waals surface area contributed by atoms with Crippen molar-refractivity contribution < 1.29 is 23.1 Å². The highest BCUT2D eigenvalue weighted by Gasteiger charge is 2.43. The van der Waals surface area contributed by atoms with Gasteiger partial charge in [-0.2, -0.15) is 0 Å². The third-order valence-electron chi connectivity index (χ3n) is 5.28. The van der Waals surface area contributed by atoms with Crippen LogP contribution >= 0.6 is 7.75 Å². The number of piperidine rings is 1. The number of hydrogen-bond acceptors (Lipinski definition) is 5. The van der Waals surface area contributed by atoms with Crippen LogP contribution in [0, 0.1) is 11.8 Å². The Morgan fingerprint density at radius 2 is 1.82 bits per heavy atom. The summed E-state index contributed by atoms with van der Waals surface area (Å²) in [6.07, 6.45) is 2.90. The fourth-order valence-corrected chi connectivity index (χ4v) is 5.41. The molecule has 7 nitrogen and oxygen atoms in total. The molecule has 0 bridgehead atoms. The Balaban J connectivity index is 1.62. The molecule has 0 radical (unpaired) electrons. The van der Waals surface area contributed by atoms with E-state index in [1.165, 1.54) is 12.8 Å². The second-order valence-corrected chi connectivity index (χ2v) is 9.11. The number of hydrogen-bond donors (Lipinski definition) is 1. The van der Waals surface area contributed by atoms with Crippen LogP contribution in [0.1, 0.15) is 38.7 Å². The molecule has 2 atom stereocenters. The van der Waals surface area contributed by atoms with E-state index in [4.69, 9.17) is 13.8 Å². The molecule has 3 rings (SSSR count). The second kappa shape index (κ2) is 9.88. The molecule has 1 saturated heterocycles. The molecule has 0 spiro atoms. The Kier molecular flexibility index (Phi) is 7.52. The van der Waals surface area contributed by atoms with Crippen molar-refractivity contribution in [1.29, 1.82) is 0 Å². The van der Waals surface area contributed by atoms with E-state index in [0.717, 1.165) is 12.0 Å². The predicted octanol–water partition coefficient (Wildman–Crippen LogP) is 4.19. The molecule has 1 aromatic rings. The first-order valence-corrected chi connectivity index (χ1v) is 11.7. The molecular weight excluding hydrogens is 379 g/mol. The minimum Gasteiger partial charge on any atom is -0.445 e. The molecule has 8 heteroatoms. The fraction of sp³-hybridized carbons (Fsp3) is 0.650. The average Bonchev–Trinajstić information content (AvgIpc) is 3.52. The molecule has 1 aliphatic heterocycles. The number of benzene rings is 1. The number of amides is 1. The number of ether oxygens (including phenoxy) is 1. The predicted molar refractivity (Wildman–Crippen MR) is 107 cm³/mol. The highest BCUT2D eigenvalue weighted by molar-refractivity contribution is 7.51. The number of carbonyl (C=O) groups excluding carboxylic acids is 1. The summed E-state index contributed by atoms with van der Waals surface area (Å²) < 4.78 is 29.3. The quantitative estimate of drug-likeness (QED) is 0.615. The van der Waals surface area contributed by atoms with Gasteiger partial charge in [-0.15, -0.1) is 0 Å². The van der Waals surface area contributed by atoms with E-state index in [2.05, 4.69) is 5.09 Å². The molecule has 156 valence electrons. The molecule has 2 aliphatic rings. The van der Waals surface area contributed by atoms with E-state index in [0.29, 0.717) is 38.1 Å². The molecule has 28 heavy (non-hydrogen) atoms. The zero-order chi connectivity index (χ0) is 20.0. The lowest BCUT2D eigenvalue weighted by Gasteiger charge is -2.39. The van der Waals surface area contributed by atoms with Gasteiger partial charge in [0, 0.05) is 19.1 Å². The first kappa shape index (κ1) is 21.3. The van der Waals surface area contributed by atoms with Crippen molar-refractivity contribution in [3.8, 4) is 0 Å². The molecule has 1 N–H and O–H groups in total. The second-order valence-electron chi connectivity index (χ2n) is 7.34. The van der Waals surface area contributed by atoms with Gasteiger partial charge in [0.05, 0.1) is 13.2 Å². The summed E-state index contributed by atoms with van der Waals surface area (Å²) in [6, 6.07) is 9.50. The zero-order valence-electron chi connectivity index (χ0n) is 16.7. The van der Waals surface area contributed by atoms with Crippen LogP contribution in [0.2, 0.25) is 0 Å².